The molecule has 2 aromatic rings. The van der Waals surface area contributed by atoms with Crippen molar-refractivity contribution in [2.24, 2.45) is 5.92 Å². The SMILES string of the molecule is O=C(Nc1cccc(C(=O)N2CCN(S(=O)(=O)c3cccc(C(F)(F)F)c3)CC2)c1)C1CC1. The third kappa shape index (κ3) is 5.19. The van der Waals surface area contributed by atoms with Crippen LogP contribution < -0.4 is 5.32 Å². The van der Waals surface area contributed by atoms with E-state index in [9.17, 15) is 31.2 Å². The Labute approximate surface area is 189 Å². The lowest BCUT2D eigenvalue weighted by Crippen LogP contribution is -2.50. The van der Waals surface area contributed by atoms with E-state index in [2.05, 4.69) is 5.32 Å². The Morgan fingerprint density at radius 1 is 0.939 bits per heavy atom. The molecule has 11 heteroatoms. The summed E-state index contributed by atoms with van der Waals surface area (Å²) < 4.78 is 65.6. The van der Waals surface area contributed by atoms with E-state index < -0.39 is 26.7 Å². The normalized spacial score (nSPS) is 17.6. The highest BCUT2D eigenvalue weighted by Gasteiger charge is 2.35. The van der Waals surface area contributed by atoms with E-state index in [0.717, 1.165) is 35.3 Å². The maximum absolute atomic E-state index is 13.0. The summed E-state index contributed by atoms with van der Waals surface area (Å²) in [5, 5.41) is 2.78. The van der Waals surface area contributed by atoms with Gasteiger partial charge in [0.2, 0.25) is 15.9 Å². The molecule has 7 nitrogen and oxygen atoms in total. The van der Waals surface area contributed by atoms with E-state index in [1.54, 1.807) is 24.3 Å². The van der Waals surface area contributed by atoms with Crippen molar-refractivity contribution in [3.63, 3.8) is 0 Å². The number of piperazine rings is 1. The first-order valence-electron chi connectivity index (χ1n) is 10.4. The van der Waals surface area contributed by atoms with Crippen molar-refractivity contribution in [2.45, 2.75) is 23.9 Å². The number of anilines is 1. The fourth-order valence-corrected chi connectivity index (χ4v) is 5.08. The van der Waals surface area contributed by atoms with Gasteiger partial charge in [-0.2, -0.15) is 17.5 Å². The summed E-state index contributed by atoms with van der Waals surface area (Å²) in [5.74, 6) is -0.363. The summed E-state index contributed by atoms with van der Waals surface area (Å²) in [6, 6.07) is 10.2. The van der Waals surface area contributed by atoms with Gasteiger partial charge in [0.05, 0.1) is 10.5 Å². The second kappa shape index (κ2) is 8.79. The maximum atomic E-state index is 13.0. The molecule has 1 aliphatic carbocycles. The molecule has 0 spiro atoms. The summed E-state index contributed by atoms with van der Waals surface area (Å²) in [6.45, 7) is 0.107. The highest BCUT2D eigenvalue weighted by molar-refractivity contribution is 7.89. The molecule has 2 amide bonds. The second-order valence-corrected chi connectivity index (χ2v) is 10.0. The molecule has 1 heterocycles. The molecule has 0 radical (unpaired) electrons. The number of carbonyl (C=O) groups excluding carboxylic acids is 2. The standard InChI is InChI=1S/C22H22F3N3O4S/c23-22(24,25)17-4-2-6-19(14-17)33(31,32)28-11-9-27(10-12-28)21(30)16-3-1-5-18(13-16)26-20(29)15-7-8-15/h1-6,13-15H,7-12H2,(H,26,29). The zero-order chi connectivity index (χ0) is 23.8. The minimum atomic E-state index is -4.65. The topological polar surface area (TPSA) is 86.8 Å². The summed E-state index contributed by atoms with van der Waals surface area (Å²) in [5.41, 5.74) is -0.160. The average Bonchev–Trinajstić information content (AvgIpc) is 3.64. The number of rotatable bonds is 5. The smallest absolute Gasteiger partial charge is 0.336 e. The molecule has 2 aromatic carbocycles. The number of amides is 2. The third-order valence-electron chi connectivity index (χ3n) is 5.65. The van der Waals surface area contributed by atoms with E-state index in [0.29, 0.717) is 17.3 Å². The first-order valence-corrected chi connectivity index (χ1v) is 11.9. The van der Waals surface area contributed by atoms with Crippen LogP contribution >= 0.6 is 0 Å². The lowest BCUT2D eigenvalue weighted by molar-refractivity contribution is -0.137. The van der Waals surface area contributed by atoms with Crippen LogP contribution in [0.3, 0.4) is 0 Å². The van der Waals surface area contributed by atoms with Crippen LogP contribution in [0.1, 0.15) is 28.8 Å². The highest BCUT2D eigenvalue weighted by Crippen LogP contribution is 2.32. The van der Waals surface area contributed by atoms with E-state index in [4.69, 9.17) is 0 Å². The van der Waals surface area contributed by atoms with Gasteiger partial charge in [-0.15, -0.1) is 0 Å². The Hall–Kier alpha value is -2.92. The molecule has 1 N–H and O–H groups in total. The summed E-state index contributed by atoms with van der Waals surface area (Å²) in [6.07, 6.45) is -2.93. The lowest BCUT2D eigenvalue weighted by atomic mass is 10.1. The van der Waals surface area contributed by atoms with Gasteiger partial charge in [-0.3, -0.25) is 9.59 Å². The van der Waals surface area contributed by atoms with Crippen LogP contribution in [0.25, 0.3) is 0 Å². The molecule has 1 saturated heterocycles. The minimum absolute atomic E-state index is 0.0243. The molecule has 2 aliphatic rings. The summed E-state index contributed by atoms with van der Waals surface area (Å²) in [4.78, 5) is 25.9. The molecular weight excluding hydrogens is 459 g/mol. The summed E-state index contributed by atoms with van der Waals surface area (Å²) >= 11 is 0. The molecular formula is C22H22F3N3O4S. The van der Waals surface area contributed by atoms with Gasteiger partial charge in [0.15, 0.2) is 0 Å². The number of nitrogens with zero attached hydrogens (tertiary/aromatic N) is 2. The van der Waals surface area contributed by atoms with E-state index in [1.165, 1.54) is 4.90 Å². The van der Waals surface area contributed by atoms with Gasteiger partial charge in [-0.05, 0) is 49.2 Å². The van der Waals surface area contributed by atoms with Crippen molar-refractivity contribution in [1.29, 1.82) is 0 Å². The fraction of sp³-hybridized carbons (Fsp3) is 0.364. The van der Waals surface area contributed by atoms with Crippen molar-refractivity contribution in [1.82, 2.24) is 9.21 Å². The Morgan fingerprint density at radius 3 is 2.24 bits per heavy atom. The average molecular weight is 481 g/mol. The Bertz CT molecular complexity index is 1170. The van der Waals surface area contributed by atoms with Crippen LogP contribution in [-0.2, 0) is 21.0 Å². The molecule has 33 heavy (non-hydrogen) atoms. The molecule has 0 unspecified atom stereocenters. The van der Waals surface area contributed by atoms with Gasteiger partial charge in [0, 0.05) is 43.3 Å². The maximum Gasteiger partial charge on any atom is 0.416 e. The largest absolute Gasteiger partial charge is 0.416 e. The highest BCUT2D eigenvalue weighted by atomic mass is 32.2. The molecule has 0 atom stereocenters. The Morgan fingerprint density at radius 2 is 1.61 bits per heavy atom. The predicted molar refractivity (Wildman–Crippen MR) is 114 cm³/mol. The van der Waals surface area contributed by atoms with Crippen molar-refractivity contribution < 1.29 is 31.2 Å². The second-order valence-electron chi connectivity index (χ2n) is 8.07. The zero-order valence-corrected chi connectivity index (χ0v) is 18.3. The van der Waals surface area contributed by atoms with Crippen molar-refractivity contribution in [3.8, 4) is 0 Å². The number of benzene rings is 2. The van der Waals surface area contributed by atoms with Crippen molar-refractivity contribution in [2.75, 3.05) is 31.5 Å². The first-order chi connectivity index (χ1) is 15.6. The van der Waals surface area contributed by atoms with Crippen molar-refractivity contribution >= 4 is 27.5 Å². The lowest BCUT2D eigenvalue weighted by Gasteiger charge is -2.34. The third-order valence-corrected chi connectivity index (χ3v) is 7.54. The van der Waals surface area contributed by atoms with Gasteiger partial charge in [0.1, 0.15) is 0 Å². The van der Waals surface area contributed by atoms with Gasteiger partial charge in [0.25, 0.3) is 5.91 Å². The van der Waals surface area contributed by atoms with Crippen LogP contribution in [0.15, 0.2) is 53.4 Å². The predicted octanol–water partition coefficient (Wildman–Crippen LogP) is 3.20. The molecule has 2 fully saturated rings. The van der Waals surface area contributed by atoms with E-state index >= 15 is 0 Å². The molecule has 0 aromatic heterocycles. The number of alkyl halides is 3. The quantitative estimate of drug-likeness (QED) is 0.711. The van der Waals surface area contributed by atoms with Crippen LogP contribution in [0.2, 0.25) is 0 Å². The van der Waals surface area contributed by atoms with Gasteiger partial charge < -0.3 is 10.2 Å². The number of sulfonamides is 1. The first kappa shape index (κ1) is 23.2. The number of carbonyl (C=O) groups is 2. The van der Waals surface area contributed by atoms with Gasteiger partial charge in [-0.25, -0.2) is 8.42 Å². The number of nitrogens with one attached hydrogen (secondary N) is 1. The number of hydrogen-bond donors (Lipinski definition) is 1. The van der Waals surface area contributed by atoms with Crippen LogP contribution in [0.5, 0.6) is 0 Å². The van der Waals surface area contributed by atoms with E-state index in [1.807, 2.05) is 0 Å². The van der Waals surface area contributed by atoms with Crippen LogP contribution in [0.4, 0.5) is 18.9 Å². The molecule has 4 rings (SSSR count). The van der Waals surface area contributed by atoms with Crippen LogP contribution in [-0.4, -0.2) is 55.6 Å². The molecule has 0 bridgehead atoms. The van der Waals surface area contributed by atoms with Crippen molar-refractivity contribution in [3.05, 3.63) is 59.7 Å². The minimum Gasteiger partial charge on any atom is -0.336 e. The van der Waals surface area contributed by atoms with E-state index in [-0.39, 0.29) is 43.9 Å². The Balaban J connectivity index is 1.41. The molecule has 1 aliphatic heterocycles. The molecule has 1 saturated carbocycles. The van der Waals surface area contributed by atoms with Gasteiger partial charge in [-0.1, -0.05) is 12.1 Å². The zero-order valence-electron chi connectivity index (χ0n) is 17.5. The molecule has 176 valence electrons. The Kier molecular flexibility index (Phi) is 6.19. The van der Waals surface area contributed by atoms with Crippen LogP contribution in [0, 0.1) is 5.92 Å². The summed E-state index contributed by atoms with van der Waals surface area (Å²) in [7, 11) is -4.13. The fourth-order valence-electron chi connectivity index (χ4n) is 3.62. The monoisotopic (exact) mass is 481 g/mol. The van der Waals surface area contributed by atoms with Gasteiger partial charge >= 0.3 is 6.18 Å². The number of hydrogen-bond acceptors (Lipinski definition) is 4. The number of halogens is 3.